The van der Waals surface area contributed by atoms with E-state index in [9.17, 15) is 8.42 Å². The SMILES string of the molecule is CCc1ccc(S(=O)(=O)NC(CN)C2CCCC2)cc1.Cl. The van der Waals surface area contributed by atoms with Gasteiger partial charge in [-0.1, -0.05) is 31.9 Å². The van der Waals surface area contributed by atoms with Gasteiger partial charge in [0.05, 0.1) is 4.90 Å². The third-order valence-corrected chi connectivity index (χ3v) is 5.68. The average molecular weight is 333 g/mol. The predicted molar refractivity (Wildman–Crippen MR) is 88.2 cm³/mol. The Hall–Kier alpha value is -0.620. The fraction of sp³-hybridized carbons (Fsp3) is 0.600. The number of hydrogen-bond acceptors (Lipinski definition) is 3. The van der Waals surface area contributed by atoms with Crippen molar-refractivity contribution in [2.75, 3.05) is 6.54 Å². The van der Waals surface area contributed by atoms with Crippen molar-refractivity contribution in [3.8, 4) is 0 Å². The normalized spacial score (nSPS) is 17.4. The van der Waals surface area contributed by atoms with Crippen LogP contribution in [0.25, 0.3) is 0 Å². The summed E-state index contributed by atoms with van der Waals surface area (Å²) in [4.78, 5) is 0.325. The van der Waals surface area contributed by atoms with Crippen LogP contribution in [0.1, 0.15) is 38.2 Å². The molecule has 1 aromatic carbocycles. The van der Waals surface area contributed by atoms with E-state index in [-0.39, 0.29) is 18.4 Å². The Bertz CT molecular complexity index is 525. The Balaban J connectivity index is 0.00000220. The number of nitrogens with one attached hydrogen (secondary N) is 1. The Morgan fingerprint density at radius 2 is 1.81 bits per heavy atom. The van der Waals surface area contributed by atoms with E-state index in [0.717, 1.165) is 24.8 Å². The third-order valence-electron chi connectivity index (χ3n) is 4.17. The van der Waals surface area contributed by atoms with Crippen molar-refractivity contribution in [1.29, 1.82) is 0 Å². The lowest BCUT2D eigenvalue weighted by atomic mass is 9.99. The zero-order chi connectivity index (χ0) is 14.6. The molecular weight excluding hydrogens is 308 g/mol. The maximum Gasteiger partial charge on any atom is 0.240 e. The average Bonchev–Trinajstić information content (AvgIpc) is 2.99. The molecule has 0 saturated heterocycles. The zero-order valence-electron chi connectivity index (χ0n) is 12.4. The number of benzene rings is 1. The lowest BCUT2D eigenvalue weighted by Gasteiger charge is -2.23. The van der Waals surface area contributed by atoms with Gasteiger partial charge in [-0.25, -0.2) is 13.1 Å². The molecule has 0 amide bonds. The second kappa shape index (κ2) is 8.13. The van der Waals surface area contributed by atoms with Crippen LogP contribution >= 0.6 is 12.4 Å². The van der Waals surface area contributed by atoms with Crippen LogP contribution in [-0.4, -0.2) is 21.0 Å². The highest BCUT2D eigenvalue weighted by Gasteiger charge is 2.28. The Labute approximate surface area is 134 Å². The van der Waals surface area contributed by atoms with Crippen LogP contribution in [0.3, 0.4) is 0 Å². The molecule has 0 radical (unpaired) electrons. The first-order chi connectivity index (χ1) is 9.56. The van der Waals surface area contributed by atoms with Gasteiger partial charge >= 0.3 is 0 Å². The van der Waals surface area contributed by atoms with Gasteiger partial charge in [0.1, 0.15) is 0 Å². The van der Waals surface area contributed by atoms with Gasteiger partial charge in [-0.3, -0.25) is 0 Å². The van der Waals surface area contributed by atoms with Crippen molar-refractivity contribution in [1.82, 2.24) is 4.72 Å². The molecule has 0 bridgehead atoms. The fourth-order valence-electron chi connectivity index (χ4n) is 2.87. The first-order valence-corrected chi connectivity index (χ1v) is 8.86. The first kappa shape index (κ1) is 18.4. The molecule has 1 atom stereocenters. The van der Waals surface area contributed by atoms with E-state index in [4.69, 9.17) is 5.73 Å². The molecule has 6 heteroatoms. The molecule has 2 rings (SSSR count). The molecular formula is C15H25ClN2O2S. The summed E-state index contributed by atoms with van der Waals surface area (Å²) in [5.41, 5.74) is 6.89. The minimum absolute atomic E-state index is 0. The van der Waals surface area contributed by atoms with Gasteiger partial charge in [-0.05, 0) is 42.9 Å². The Morgan fingerprint density at radius 3 is 2.29 bits per heavy atom. The predicted octanol–water partition coefficient (Wildman–Crippen LogP) is 2.47. The third kappa shape index (κ3) is 4.68. The summed E-state index contributed by atoms with van der Waals surface area (Å²) in [6, 6.07) is 6.92. The number of halogens is 1. The molecule has 1 unspecified atom stereocenters. The van der Waals surface area contributed by atoms with E-state index in [1.807, 2.05) is 19.1 Å². The van der Waals surface area contributed by atoms with Crippen molar-refractivity contribution < 1.29 is 8.42 Å². The van der Waals surface area contributed by atoms with Crippen LogP contribution in [-0.2, 0) is 16.4 Å². The molecule has 0 aliphatic heterocycles. The summed E-state index contributed by atoms with van der Waals surface area (Å²) < 4.78 is 27.6. The lowest BCUT2D eigenvalue weighted by Crippen LogP contribution is -2.44. The molecule has 1 aliphatic carbocycles. The Kier molecular flexibility index (Phi) is 7.13. The smallest absolute Gasteiger partial charge is 0.240 e. The molecule has 1 fully saturated rings. The van der Waals surface area contributed by atoms with Crippen molar-refractivity contribution >= 4 is 22.4 Å². The summed E-state index contributed by atoms with van der Waals surface area (Å²) in [5.74, 6) is 0.379. The topological polar surface area (TPSA) is 72.2 Å². The van der Waals surface area contributed by atoms with E-state index in [1.54, 1.807) is 12.1 Å². The van der Waals surface area contributed by atoms with E-state index < -0.39 is 10.0 Å². The fourth-order valence-corrected chi connectivity index (χ4v) is 4.19. The van der Waals surface area contributed by atoms with Crippen LogP contribution in [0.4, 0.5) is 0 Å². The highest BCUT2D eigenvalue weighted by atomic mass is 35.5. The van der Waals surface area contributed by atoms with Crippen LogP contribution in [0.5, 0.6) is 0 Å². The van der Waals surface area contributed by atoms with E-state index in [0.29, 0.717) is 17.4 Å². The van der Waals surface area contributed by atoms with Crippen molar-refractivity contribution in [3.63, 3.8) is 0 Å². The molecule has 3 N–H and O–H groups in total. The van der Waals surface area contributed by atoms with Gasteiger partial charge in [0.2, 0.25) is 10.0 Å². The van der Waals surface area contributed by atoms with Gasteiger partial charge in [0.15, 0.2) is 0 Å². The van der Waals surface area contributed by atoms with E-state index in [1.165, 1.54) is 12.8 Å². The second-order valence-corrected chi connectivity index (χ2v) is 7.22. The molecule has 120 valence electrons. The maximum atomic E-state index is 12.4. The number of sulfonamides is 1. The molecule has 1 saturated carbocycles. The largest absolute Gasteiger partial charge is 0.329 e. The number of nitrogens with two attached hydrogens (primary N) is 1. The van der Waals surface area contributed by atoms with E-state index in [2.05, 4.69) is 4.72 Å². The molecule has 1 aromatic rings. The number of rotatable bonds is 6. The molecule has 21 heavy (non-hydrogen) atoms. The Morgan fingerprint density at radius 1 is 1.24 bits per heavy atom. The molecule has 1 aliphatic rings. The molecule has 0 heterocycles. The van der Waals surface area contributed by atoms with Gasteiger partial charge < -0.3 is 5.73 Å². The van der Waals surface area contributed by atoms with Crippen LogP contribution in [0, 0.1) is 5.92 Å². The first-order valence-electron chi connectivity index (χ1n) is 7.38. The van der Waals surface area contributed by atoms with Crippen molar-refractivity contribution in [2.24, 2.45) is 11.7 Å². The van der Waals surface area contributed by atoms with Gasteiger partial charge in [0.25, 0.3) is 0 Å². The molecule has 0 spiro atoms. The maximum absolute atomic E-state index is 12.4. The minimum atomic E-state index is -3.46. The van der Waals surface area contributed by atoms with Gasteiger partial charge in [-0.15, -0.1) is 12.4 Å². The summed E-state index contributed by atoms with van der Waals surface area (Å²) >= 11 is 0. The highest BCUT2D eigenvalue weighted by molar-refractivity contribution is 7.89. The van der Waals surface area contributed by atoms with Crippen molar-refractivity contribution in [3.05, 3.63) is 29.8 Å². The monoisotopic (exact) mass is 332 g/mol. The van der Waals surface area contributed by atoms with Crippen LogP contribution in [0.15, 0.2) is 29.2 Å². The highest BCUT2D eigenvalue weighted by Crippen LogP contribution is 2.28. The summed E-state index contributed by atoms with van der Waals surface area (Å²) in [7, 11) is -3.46. The van der Waals surface area contributed by atoms with Crippen LogP contribution in [0.2, 0.25) is 0 Å². The summed E-state index contributed by atoms with van der Waals surface area (Å²) in [5, 5.41) is 0. The van der Waals surface area contributed by atoms with Crippen LogP contribution < -0.4 is 10.5 Å². The lowest BCUT2D eigenvalue weighted by molar-refractivity contribution is 0.405. The standard InChI is InChI=1S/C15H24N2O2S.ClH/c1-2-12-7-9-14(10-8-12)20(18,19)17-15(11-16)13-5-3-4-6-13;/h7-10,13,15,17H,2-6,11,16H2,1H3;1H. The minimum Gasteiger partial charge on any atom is -0.329 e. The van der Waals surface area contributed by atoms with E-state index >= 15 is 0 Å². The quantitative estimate of drug-likeness (QED) is 0.840. The molecule has 4 nitrogen and oxygen atoms in total. The molecule has 0 aromatic heterocycles. The number of hydrogen-bond donors (Lipinski definition) is 2. The second-order valence-electron chi connectivity index (χ2n) is 5.51. The summed E-state index contributed by atoms with van der Waals surface area (Å²) in [6.45, 7) is 2.41. The van der Waals surface area contributed by atoms with Gasteiger partial charge in [-0.2, -0.15) is 0 Å². The zero-order valence-corrected chi connectivity index (χ0v) is 14.1. The number of aryl methyl sites for hydroxylation is 1. The van der Waals surface area contributed by atoms with Crippen molar-refractivity contribution in [2.45, 2.75) is 50.0 Å². The van der Waals surface area contributed by atoms with Gasteiger partial charge in [0, 0.05) is 12.6 Å². The summed E-state index contributed by atoms with van der Waals surface area (Å²) in [6.07, 6.45) is 5.39.